The van der Waals surface area contributed by atoms with E-state index in [0.717, 1.165) is 39.2 Å². The van der Waals surface area contributed by atoms with Crippen molar-refractivity contribution in [3.05, 3.63) is 143 Å². The molecule has 0 spiro atoms. The minimum Gasteiger partial charge on any atom is -0.356 e. The number of fused-ring (bicyclic) bond motifs is 2. The number of carbonyl (C=O) groups excluding carboxylic acids is 3. The maximum atomic E-state index is 14.0. The van der Waals surface area contributed by atoms with Gasteiger partial charge in [-0.05, 0) is 71.1 Å². The number of nitrogens with one attached hydrogen (secondary N) is 2. The van der Waals surface area contributed by atoms with Gasteiger partial charge in [-0.2, -0.15) is 0 Å². The quantitative estimate of drug-likeness (QED) is 0.257. The van der Waals surface area contributed by atoms with E-state index >= 15 is 0 Å². The lowest BCUT2D eigenvalue weighted by Crippen LogP contribution is -2.30. The normalized spacial score (nSPS) is 12.1. The van der Waals surface area contributed by atoms with Crippen LogP contribution in [0, 0.1) is 0 Å². The predicted octanol–water partition coefficient (Wildman–Crippen LogP) is 5.37. The lowest BCUT2D eigenvalue weighted by Gasteiger charge is -2.23. The Morgan fingerprint density at radius 2 is 1.61 bits per heavy atom. The van der Waals surface area contributed by atoms with Crippen LogP contribution < -0.4 is 15.5 Å². The third-order valence-electron chi connectivity index (χ3n) is 7.84. The zero-order chi connectivity index (χ0) is 30.5. The van der Waals surface area contributed by atoms with Crippen LogP contribution in [0.1, 0.15) is 50.2 Å². The molecule has 6 rings (SSSR count). The zero-order valence-electron chi connectivity index (χ0n) is 24.5. The molecule has 0 saturated heterocycles. The summed E-state index contributed by atoms with van der Waals surface area (Å²) in [5.74, 6) is -0.331. The first-order valence-electron chi connectivity index (χ1n) is 14.7. The number of likely N-dealkylation sites (N-methyl/N-ethyl adjacent to an activating group) is 1. The van der Waals surface area contributed by atoms with Crippen LogP contribution in [0.15, 0.2) is 109 Å². The number of carbonyl (C=O) groups is 3. The fourth-order valence-electron chi connectivity index (χ4n) is 5.65. The van der Waals surface area contributed by atoms with Crippen LogP contribution in [0.5, 0.6) is 0 Å². The summed E-state index contributed by atoms with van der Waals surface area (Å²) in [6.45, 7) is 3.66. The molecule has 3 amide bonds. The van der Waals surface area contributed by atoms with Gasteiger partial charge in [0, 0.05) is 42.4 Å². The minimum absolute atomic E-state index is 0.0227. The highest BCUT2D eigenvalue weighted by molar-refractivity contribution is 6.07. The van der Waals surface area contributed by atoms with Crippen molar-refractivity contribution in [2.75, 3.05) is 11.4 Å². The molecule has 3 heterocycles. The lowest BCUT2D eigenvalue weighted by molar-refractivity contribution is -0.120. The van der Waals surface area contributed by atoms with E-state index in [2.05, 4.69) is 15.6 Å². The largest absolute Gasteiger partial charge is 0.356 e. The number of benzene rings is 3. The standard InChI is InChI=1S/C36H33N5O3/c1-2-38-34(42)20-28-9-3-5-11-31(28)26-13-15-27(16-14-26)36(44)41-24-30-17-18-33(35(43)39-22-25-8-7-19-37-21-25)40(30)23-29-10-4-6-12-32(29)41/h3-19,21H,2,20,22-24H2,1H3,(H,38,42)(H,39,43). The fraction of sp³-hybridized carbons (Fsp3) is 0.167. The number of hydrogen-bond donors (Lipinski definition) is 2. The number of anilines is 1. The van der Waals surface area contributed by atoms with Crippen LogP contribution in [-0.4, -0.2) is 33.8 Å². The minimum atomic E-state index is -0.180. The summed E-state index contributed by atoms with van der Waals surface area (Å²) in [5, 5.41) is 5.85. The number of aromatic nitrogens is 2. The van der Waals surface area contributed by atoms with Crippen molar-refractivity contribution in [3.63, 3.8) is 0 Å². The maximum absolute atomic E-state index is 14.0. The first-order valence-corrected chi connectivity index (χ1v) is 14.7. The summed E-state index contributed by atoms with van der Waals surface area (Å²) in [6, 6.07) is 30.7. The Hall–Kier alpha value is -5.50. The molecule has 0 atom stereocenters. The van der Waals surface area contributed by atoms with Crippen molar-refractivity contribution in [2.24, 2.45) is 0 Å². The van der Waals surface area contributed by atoms with Crippen molar-refractivity contribution in [1.29, 1.82) is 0 Å². The molecule has 8 heteroatoms. The van der Waals surface area contributed by atoms with Crippen molar-refractivity contribution in [2.45, 2.75) is 33.0 Å². The highest BCUT2D eigenvalue weighted by Gasteiger charge is 2.27. The molecule has 44 heavy (non-hydrogen) atoms. The Balaban J connectivity index is 1.25. The second kappa shape index (κ2) is 12.8. The first-order chi connectivity index (χ1) is 21.5. The van der Waals surface area contributed by atoms with E-state index in [4.69, 9.17) is 0 Å². The van der Waals surface area contributed by atoms with Gasteiger partial charge in [-0.3, -0.25) is 19.4 Å². The number of para-hydroxylation sites is 1. The van der Waals surface area contributed by atoms with Gasteiger partial charge in [0.1, 0.15) is 5.69 Å². The molecular weight excluding hydrogens is 550 g/mol. The molecule has 0 aliphatic carbocycles. The second-order valence-electron chi connectivity index (χ2n) is 10.7. The molecular formula is C36H33N5O3. The summed E-state index contributed by atoms with van der Waals surface area (Å²) >= 11 is 0. The Labute approximate surface area is 256 Å². The molecule has 1 aliphatic heterocycles. The number of pyridine rings is 1. The van der Waals surface area contributed by atoms with Crippen LogP contribution in [-0.2, 0) is 30.8 Å². The van der Waals surface area contributed by atoms with Crippen LogP contribution in [0.3, 0.4) is 0 Å². The highest BCUT2D eigenvalue weighted by Crippen LogP contribution is 2.31. The summed E-state index contributed by atoms with van der Waals surface area (Å²) in [7, 11) is 0. The van der Waals surface area contributed by atoms with Crippen molar-refractivity contribution in [3.8, 4) is 11.1 Å². The van der Waals surface area contributed by atoms with Crippen LogP contribution >= 0.6 is 0 Å². The Bertz CT molecular complexity index is 1810. The molecule has 1 aliphatic rings. The molecule has 8 nitrogen and oxygen atoms in total. The van der Waals surface area contributed by atoms with E-state index in [1.165, 1.54) is 0 Å². The molecule has 0 bridgehead atoms. The average molecular weight is 584 g/mol. The van der Waals surface area contributed by atoms with E-state index in [1.54, 1.807) is 17.3 Å². The van der Waals surface area contributed by atoms with Crippen molar-refractivity contribution in [1.82, 2.24) is 20.2 Å². The van der Waals surface area contributed by atoms with Gasteiger partial charge in [-0.1, -0.05) is 60.7 Å². The number of rotatable bonds is 8. The van der Waals surface area contributed by atoms with Crippen molar-refractivity contribution < 1.29 is 14.4 Å². The maximum Gasteiger partial charge on any atom is 0.268 e. The second-order valence-corrected chi connectivity index (χ2v) is 10.7. The van der Waals surface area contributed by atoms with Gasteiger partial charge < -0.3 is 20.1 Å². The third kappa shape index (κ3) is 6.01. The summed E-state index contributed by atoms with van der Waals surface area (Å²) in [5.41, 5.74) is 7.49. The third-order valence-corrected chi connectivity index (χ3v) is 7.84. The molecule has 5 aromatic rings. The van der Waals surface area contributed by atoms with E-state index in [-0.39, 0.29) is 17.7 Å². The van der Waals surface area contributed by atoms with Gasteiger partial charge in [0.25, 0.3) is 11.8 Å². The highest BCUT2D eigenvalue weighted by atomic mass is 16.2. The van der Waals surface area contributed by atoms with Gasteiger partial charge in [0.2, 0.25) is 5.91 Å². The van der Waals surface area contributed by atoms with Gasteiger partial charge >= 0.3 is 0 Å². The van der Waals surface area contributed by atoms with Crippen LogP contribution in [0.4, 0.5) is 5.69 Å². The van der Waals surface area contributed by atoms with Crippen LogP contribution in [0.25, 0.3) is 11.1 Å². The molecule has 2 aromatic heterocycles. The van der Waals surface area contributed by atoms with E-state index in [9.17, 15) is 14.4 Å². The van der Waals surface area contributed by atoms with Gasteiger partial charge in [-0.15, -0.1) is 0 Å². The first kappa shape index (κ1) is 28.6. The predicted molar refractivity (Wildman–Crippen MR) is 170 cm³/mol. The molecule has 220 valence electrons. The monoisotopic (exact) mass is 583 g/mol. The topological polar surface area (TPSA) is 96.3 Å². The summed E-state index contributed by atoms with van der Waals surface area (Å²) in [4.78, 5) is 45.4. The van der Waals surface area contributed by atoms with E-state index in [1.807, 2.05) is 109 Å². The summed E-state index contributed by atoms with van der Waals surface area (Å²) in [6.07, 6.45) is 3.72. The fourth-order valence-corrected chi connectivity index (χ4v) is 5.65. The molecule has 0 fully saturated rings. The molecule has 0 saturated carbocycles. The Morgan fingerprint density at radius 1 is 0.818 bits per heavy atom. The number of amides is 3. The van der Waals surface area contributed by atoms with Crippen molar-refractivity contribution >= 4 is 23.4 Å². The number of nitrogens with zero attached hydrogens (tertiary/aromatic N) is 3. The van der Waals surface area contributed by atoms with Gasteiger partial charge in [0.05, 0.1) is 19.5 Å². The SMILES string of the molecule is CCNC(=O)Cc1ccccc1-c1ccc(C(=O)N2Cc3ccc(C(=O)NCc4cccnc4)n3Cc3ccccc32)cc1. The van der Waals surface area contributed by atoms with Gasteiger partial charge in [0.15, 0.2) is 0 Å². The molecule has 3 aromatic carbocycles. The molecule has 2 N–H and O–H groups in total. The Morgan fingerprint density at radius 3 is 2.41 bits per heavy atom. The average Bonchev–Trinajstić information content (AvgIpc) is 3.37. The van der Waals surface area contributed by atoms with Gasteiger partial charge in [-0.25, -0.2) is 0 Å². The summed E-state index contributed by atoms with van der Waals surface area (Å²) < 4.78 is 1.99. The van der Waals surface area contributed by atoms with E-state index in [0.29, 0.717) is 43.9 Å². The van der Waals surface area contributed by atoms with E-state index < -0.39 is 0 Å². The zero-order valence-corrected chi connectivity index (χ0v) is 24.5. The van der Waals surface area contributed by atoms with Crippen LogP contribution in [0.2, 0.25) is 0 Å². The molecule has 0 radical (unpaired) electrons. The smallest absolute Gasteiger partial charge is 0.268 e. The Kier molecular flexibility index (Phi) is 8.32. The molecule has 0 unspecified atom stereocenters. The number of hydrogen-bond acceptors (Lipinski definition) is 4. The lowest BCUT2D eigenvalue weighted by atomic mass is 9.96.